The Kier molecular flexibility index (Phi) is 2.83. The van der Waals surface area contributed by atoms with Gasteiger partial charge in [-0.15, -0.1) is 0 Å². The quantitative estimate of drug-likeness (QED) is 0.868. The summed E-state index contributed by atoms with van der Waals surface area (Å²) in [5.74, 6) is 1.11. The number of amides is 1. The van der Waals surface area contributed by atoms with E-state index >= 15 is 0 Å². The van der Waals surface area contributed by atoms with Crippen molar-refractivity contribution in [3.05, 3.63) is 23.8 Å². The van der Waals surface area contributed by atoms with Crippen molar-refractivity contribution in [3.8, 4) is 11.5 Å². The Hall–Kier alpha value is -1.75. The molecule has 5 heteroatoms. The topological polar surface area (TPSA) is 64.8 Å². The number of nitrogens with zero attached hydrogens (tertiary/aromatic N) is 1. The zero-order valence-electron chi connectivity index (χ0n) is 10.1. The van der Waals surface area contributed by atoms with Gasteiger partial charge in [0.2, 0.25) is 12.7 Å². The number of carbonyl (C=O) groups excluding carboxylic acids is 1. The Morgan fingerprint density at radius 2 is 1.94 bits per heavy atom. The minimum Gasteiger partial charge on any atom is -0.454 e. The first-order valence-corrected chi connectivity index (χ1v) is 6.18. The fourth-order valence-electron chi connectivity index (χ4n) is 2.64. The number of ether oxygens (including phenoxy) is 2. The van der Waals surface area contributed by atoms with Crippen LogP contribution in [-0.2, 0) is 4.79 Å². The van der Waals surface area contributed by atoms with Gasteiger partial charge in [-0.25, -0.2) is 0 Å². The summed E-state index contributed by atoms with van der Waals surface area (Å²) in [5, 5.41) is 0. The van der Waals surface area contributed by atoms with Crippen LogP contribution in [0.5, 0.6) is 11.5 Å². The van der Waals surface area contributed by atoms with Gasteiger partial charge in [-0.2, -0.15) is 0 Å². The Morgan fingerprint density at radius 1 is 1.22 bits per heavy atom. The molecule has 0 aliphatic carbocycles. The fourth-order valence-corrected chi connectivity index (χ4v) is 2.64. The maximum absolute atomic E-state index is 11.7. The maximum Gasteiger partial charge on any atom is 0.239 e. The Labute approximate surface area is 105 Å². The molecular formula is C13H16N2O3. The van der Waals surface area contributed by atoms with E-state index in [2.05, 4.69) is 4.90 Å². The Morgan fingerprint density at radius 3 is 2.67 bits per heavy atom. The molecule has 1 unspecified atom stereocenters. The largest absolute Gasteiger partial charge is 0.454 e. The van der Waals surface area contributed by atoms with E-state index in [9.17, 15) is 4.79 Å². The molecule has 1 saturated heterocycles. The highest BCUT2D eigenvalue weighted by Gasteiger charge is 2.29. The number of primary amides is 1. The number of benzene rings is 1. The van der Waals surface area contributed by atoms with Gasteiger partial charge in [-0.3, -0.25) is 9.69 Å². The maximum atomic E-state index is 11.7. The highest BCUT2D eigenvalue weighted by molar-refractivity contribution is 5.81. The van der Waals surface area contributed by atoms with Crippen molar-refractivity contribution >= 4 is 5.91 Å². The lowest BCUT2D eigenvalue weighted by atomic mass is 10.0. The summed E-state index contributed by atoms with van der Waals surface area (Å²) in [6, 6.07) is 5.23. The normalized spacial score (nSPS) is 20.0. The first-order valence-electron chi connectivity index (χ1n) is 6.18. The minimum atomic E-state index is -0.359. The zero-order chi connectivity index (χ0) is 12.5. The van der Waals surface area contributed by atoms with Gasteiger partial charge < -0.3 is 15.2 Å². The van der Waals surface area contributed by atoms with E-state index in [0.717, 1.165) is 37.2 Å². The number of likely N-dealkylation sites (tertiary alicyclic amines) is 1. The Bertz CT molecular complexity index is 469. The molecule has 2 heterocycles. The van der Waals surface area contributed by atoms with Crippen LogP contribution >= 0.6 is 0 Å². The van der Waals surface area contributed by atoms with Gasteiger partial charge in [0.15, 0.2) is 11.5 Å². The van der Waals surface area contributed by atoms with Crippen molar-refractivity contribution in [2.75, 3.05) is 19.9 Å². The SMILES string of the molecule is NC(=O)C(c1ccc2c(c1)OCO2)N1CCCC1. The van der Waals surface area contributed by atoms with Gasteiger partial charge in [0.05, 0.1) is 0 Å². The van der Waals surface area contributed by atoms with Crippen molar-refractivity contribution in [2.45, 2.75) is 18.9 Å². The molecule has 96 valence electrons. The molecule has 0 radical (unpaired) electrons. The summed E-state index contributed by atoms with van der Waals surface area (Å²) < 4.78 is 10.6. The summed E-state index contributed by atoms with van der Waals surface area (Å²) in [5.41, 5.74) is 6.42. The van der Waals surface area contributed by atoms with Crippen LogP contribution in [0.3, 0.4) is 0 Å². The van der Waals surface area contributed by atoms with Crippen LogP contribution in [0.2, 0.25) is 0 Å². The molecule has 2 aliphatic rings. The second-order valence-corrected chi connectivity index (χ2v) is 4.66. The molecule has 0 bridgehead atoms. The molecule has 0 saturated carbocycles. The van der Waals surface area contributed by atoms with Crippen LogP contribution in [-0.4, -0.2) is 30.7 Å². The fraction of sp³-hybridized carbons (Fsp3) is 0.462. The molecule has 18 heavy (non-hydrogen) atoms. The zero-order valence-corrected chi connectivity index (χ0v) is 10.1. The third-order valence-corrected chi connectivity index (χ3v) is 3.49. The van der Waals surface area contributed by atoms with Crippen molar-refractivity contribution < 1.29 is 14.3 Å². The van der Waals surface area contributed by atoms with E-state index < -0.39 is 0 Å². The molecule has 1 amide bonds. The minimum absolute atomic E-state index is 0.240. The first kappa shape index (κ1) is 11.3. The molecule has 1 aromatic rings. The molecule has 0 spiro atoms. The average molecular weight is 248 g/mol. The standard InChI is InChI=1S/C13H16N2O3/c14-13(16)12(15-5-1-2-6-15)9-3-4-10-11(7-9)18-8-17-10/h3-4,7,12H,1-2,5-6,8H2,(H2,14,16). The molecule has 3 rings (SSSR count). The lowest BCUT2D eigenvalue weighted by Gasteiger charge is -2.25. The van der Waals surface area contributed by atoms with E-state index in [0.29, 0.717) is 5.75 Å². The number of hydrogen-bond acceptors (Lipinski definition) is 4. The van der Waals surface area contributed by atoms with Crippen LogP contribution in [0.15, 0.2) is 18.2 Å². The summed E-state index contributed by atoms with van der Waals surface area (Å²) in [6.07, 6.45) is 2.24. The molecule has 1 aromatic carbocycles. The number of nitrogens with two attached hydrogens (primary N) is 1. The van der Waals surface area contributed by atoms with Crippen LogP contribution in [0.1, 0.15) is 24.4 Å². The van der Waals surface area contributed by atoms with Crippen LogP contribution in [0.25, 0.3) is 0 Å². The van der Waals surface area contributed by atoms with E-state index in [-0.39, 0.29) is 18.7 Å². The van der Waals surface area contributed by atoms with Gasteiger partial charge >= 0.3 is 0 Å². The van der Waals surface area contributed by atoms with Gasteiger partial charge in [0.25, 0.3) is 0 Å². The molecular weight excluding hydrogens is 232 g/mol. The third-order valence-electron chi connectivity index (χ3n) is 3.49. The summed E-state index contributed by atoms with van der Waals surface area (Å²) >= 11 is 0. The van der Waals surface area contributed by atoms with Gasteiger partial charge in [-0.1, -0.05) is 6.07 Å². The average Bonchev–Trinajstić information content (AvgIpc) is 2.98. The van der Waals surface area contributed by atoms with Crippen LogP contribution < -0.4 is 15.2 Å². The van der Waals surface area contributed by atoms with Gasteiger partial charge in [-0.05, 0) is 43.6 Å². The molecule has 2 N–H and O–H groups in total. The number of rotatable bonds is 3. The predicted molar refractivity (Wildman–Crippen MR) is 65.3 cm³/mol. The second kappa shape index (κ2) is 4.49. The number of fused-ring (bicyclic) bond motifs is 1. The summed E-state index contributed by atoms with van der Waals surface area (Å²) in [6.45, 7) is 2.08. The summed E-state index contributed by atoms with van der Waals surface area (Å²) in [4.78, 5) is 13.8. The first-order chi connectivity index (χ1) is 8.75. The highest BCUT2D eigenvalue weighted by Crippen LogP contribution is 2.36. The number of carbonyl (C=O) groups is 1. The van der Waals surface area contributed by atoms with Crippen molar-refractivity contribution in [2.24, 2.45) is 5.73 Å². The predicted octanol–water partition coefficient (Wildman–Crippen LogP) is 1.04. The summed E-state index contributed by atoms with van der Waals surface area (Å²) in [7, 11) is 0. The third kappa shape index (κ3) is 1.90. The van der Waals surface area contributed by atoms with E-state index in [1.165, 1.54) is 0 Å². The second-order valence-electron chi connectivity index (χ2n) is 4.66. The van der Waals surface area contributed by atoms with Gasteiger partial charge in [0, 0.05) is 0 Å². The molecule has 1 atom stereocenters. The lowest BCUT2D eigenvalue weighted by Crippen LogP contribution is -2.35. The van der Waals surface area contributed by atoms with Crippen molar-refractivity contribution in [1.29, 1.82) is 0 Å². The number of hydrogen-bond donors (Lipinski definition) is 1. The van der Waals surface area contributed by atoms with Gasteiger partial charge in [0.1, 0.15) is 6.04 Å². The molecule has 0 aromatic heterocycles. The van der Waals surface area contributed by atoms with E-state index in [1.54, 1.807) is 0 Å². The Balaban J connectivity index is 1.92. The lowest BCUT2D eigenvalue weighted by molar-refractivity contribution is -0.123. The van der Waals surface area contributed by atoms with Crippen LogP contribution in [0.4, 0.5) is 0 Å². The van der Waals surface area contributed by atoms with Crippen LogP contribution in [0, 0.1) is 0 Å². The molecule has 1 fully saturated rings. The van der Waals surface area contributed by atoms with Crippen molar-refractivity contribution in [1.82, 2.24) is 4.90 Å². The molecule has 2 aliphatic heterocycles. The van der Waals surface area contributed by atoms with Crippen molar-refractivity contribution in [3.63, 3.8) is 0 Å². The monoisotopic (exact) mass is 248 g/mol. The molecule has 5 nitrogen and oxygen atoms in total. The highest BCUT2D eigenvalue weighted by atomic mass is 16.7. The van der Waals surface area contributed by atoms with E-state index in [4.69, 9.17) is 15.2 Å². The van der Waals surface area contributed by atoms with E-state index in [1.807, 2.05) is 18.2 Å². The smallest absolute Gasteiger partial charge is 0.239 e.